The van der Waals surface area contributed by atoms with Crippen molar-refractivity contribution in [3.8, 4) is 5.75 Å². The van der Waals surface area contributed by atoms with Crippen molar-refractivity contribution in [3.05, 3.63) is 28.8 Å². The Balaban J connectivity index is 2.12. The number of halogens is 1. The summed E-state index contributed by atoms with van der Waals surface area (Å²) in [5, 5.41) is 0.530. The number of amides is 1. The van der Waals surface area contributed by atoms with E-state index in [2.05, 4.69) is 0 Å². The molecule has 0 unspecified atom stereocenters. The first kappa shape index (κ1) is 13.2. The van der Waals surface area contributed by atoms with Gasteiger partial charge < -0.3 is 16.2 Å². The third kappa shape index (κ3) is 3.15. The summed E-state index contributed by atoms with van der Waals surface area (Å²) in [6, 6.07) is 5.12. The van der Waals surface area contributed by atoms with Gasteiger partial charge in [-0.25, -0.2) is 0 Å². The Morgan fingerprint density at radius 1 is 1.28 bits per heavy atom. The number of nitrogens with two attached hydrogens (primary N) is 2. The van der Waals surface area contributed by atoms with E-state index in [-0.39, 0.29) is 12.1 Å². The molecule has 4 N–H and O–H groups in total. The number of benzene rings is 1. The Kier molecular flexibility index (Phi) is 4.09. The van der Waals surface area contributed by atoms with Gasteiger partial charge in [0, 0.05) is 11.1 Å². The third-order valence-corrected chi connectivity index (χ3v) is 3.46. The summed E-state index contributed by atoms with van der Waals surface area (Å²) >= 11 is 5.91. The molecule has 0 radical (unpaired) electrons. The molecule has 4 nitrogen and oxygen atoms in total. The number of primary amides is 1. The standard InChI is InChI=1S/C13H17ClN2O2/c14-8-1-6-11(13(16)17)12(7-8)18-10-4-2-9(15)3-5-10/h1,6-7,9-10H,2-5,15H2,(H2,16,17). The molecule has 1 aliphatic rings. The first-order valence-electron chi connectivity index (χ1n) is 6.08. The van der Waals surface area contributed by atoms with E-state index in [1.807, 2.05) is 0 Å². The summed E-state index contributed by atoms with van der Waals surface area (Å²) < 4.78 is 5.84. The van der Waals surface area contributed by atoms with Crippen molar-refractivity contribution in [2.24, 2.45) is 11.5 Å². The summed E-state index contributed by atoms with van der Waals surface area (Å²) in [5.74, 6) is -0.0374. The number of hydrogen-bond acceptors (Lipinski definition) is 3. The summed E-state index contributed by atoms with van der Waals surface area (Å²) in [4.78, 5) is 11.3. The highest BCUT2D eigenvalue weighted by Crippen LogP contribution is 2.28. The van der Waals surface area contributed by atoms with Crippen LogP contribution < -0.4 is 16.2 Å². The second-order valence-electron chi connectivity index (χ2n) is 4.66. The molecule has 0 heterocycles. The topological polar surface area (TPSA) is 78.3 Å². The maximum atomic E-state index is 11.3. The fourth-order valence-corrected chi connectivity index (χ4v) is 2.35. The first-order valence-corrected chi connectivity index (χ1v) is 6.45. The monoisotopic (exact) mass is 268 g/mol. The molecule has 1 aliphatic carbocycles. The van der Waals surface area contributed by atoms with Crippen LogP contribution >= 0.6 is 11.6 Å². The highest BCUT2D eigenvalue weighted by molar-refractivity contribution is 6.30. The number of carbonyl (C=O) groups is 1. The molecule has 2 rings (SSSR count). The van der Waals surface area contributed by atoms with E-state index in [9.17, 15) is 4.79 Å². The van der Waals surface area contributed by atoms with E-state index in [0.29, 0.717) is 16.3 Å². The quantitative estimate of drug-likeness (QED) is 0.881. The molecule has 1 aromatic carbocycles. The van der Waals surface area contributed by atoms with Crippen molar-refractivity contribution in [2.75, 3.05) is 0 Å². The van der Waals surface area contributed by atoms with Crippen molar-refractivity contribution in [1.29, 1.82) is 0 Å². The van der Waals surface area contributed by atoms with Crippen molar-refractivity contribution in [3.63, 3.8) is 0 Å². The van der Waals surface area contributed by atoms with Gasteiger partial charge in [-0.1, -0.05) is 11.6 Å². The molecular weight excluding hydrogens is 252 g/mol. The van der Waals surface area contributed by atoms with Crippen LogP contribution in [0.1, 0.15) is 36.0 Å². The summed E-state index contributed by atoms with van der Waals surface area (Å²) in [7, 11) is 0. The van der Waals surface area contributed by atoms with Crippen LogP contribution in [0.3, 0.4) is 0 Å². The van der Waals surface area contributed by atoms with Crippen LogP contribution in [0.25, 0.3) is 0 Å². The maximum absolute atomic E-state index is 11.3. The zero-order valence-electron chi connectivity index (χ0n) is 10.1. The fourth-order valence-electron chi connectivity index (χ4n) is 2.18. The van der Waals surface area contributed by atoms with Gasteiger partial charge in [-0.2, -0.15) is 0 Å². The molecule has 98 valence electrons. The van der Waals surface area contributed by atoms with Crippen molar-refractivity contribution >= 4 is 17.5 Å². The van der Waals surface area contributed by atoms with Crippen LogP contribution in [0.4, 0.5) is 0 Å². The molecule has 0 atom stereocenters. The highest BCUT2D eigenvalue weighted by Gasteiger charge is 2.21. The Bertz CT molecular complexity index is 443. The lowest BCUT2D eigenvalue weighted by atomic mass is 9.93. The molecule has 0 spiro atoms. The molecule has 5 heteroatoms. The second-order valence-corrected chi connectivity index (χ2v) is 5.10. The largest absolute Gasteiger partial charge is 0.490 e. The predicted molar refractivity (Wildman–Crippen MR) is 70.8 cm³/mol. The molecule has 1 saturated carbocycles. The van der Waals surface area contributed by atoms with E-state index in [1.165, 1.54) is 0 Å². The Morgan fingerprint density at radius 3 is 2.56 bits per heavy atom. The summed E-state index contributed by atoms with van der Waals surface area (Å²) in [5.41, 5.74) is 11.5. The van der Waals surface area contributed by atoms with E-state index in [0.717, 1.165) is 25.7 Å². The minimum atomic E-state index is -0.505. The molecule has 1 fully saturated rings. The van der Waals surface area contributed by atoms with Crippen molar-refractivity contribution in [2.45, 2.75) is 37.8 Å². The van der Waals surface area contributed by atoms with Crippen molar-refractivity contribution in [1.82, 2.24) is 0 Å². The minimum absolute atomic E-state index is 0.0846. The normalized spacial score (nSPS) is 23.7. The molecule has 0 saturated heterocycles. The first-order chi connectivity index (χ1) is 8.56. The minimum Gasteiger partial charge on any atom is -0.490 e. The lowest BCUT2D eigenvalue weighted by Gasteiger charge is -2.27. The van der Waals surface area contributed by atoms with E-state index in [4.69, 9.17) is 27.8 Å². The lowest BCUT2D eigenvalue weighted by Crippen LogP contribution is -2.32. The van der Waals surface area contributed by atoms with Gasteiger partial charge in [0.05, 0.1) is 11.7 Å². The SMILES string of the molecule is NC(=O)c1ccc(Cl)cc1OC1CCC(N)CC1. The number of hydrogen-bond donors (Lipinski definition) is 2. The molecule has 0 aromatic heterocycles. The van der Waals surface area contributed by atoms with E-state index >= 15 is 0 Å². The van der Waals surface area contributed by atoms with Crippen LogP contribution in [-0.2, 0) is 0 Å². The fraction of sp³-hybridized carbons (Fsp3) is 0.462. The van der Waals surface area contributed by atoms with Crippen molar-refractivity contribution < 1.29 is 9.53 Å². The molecule has 1 amide bonds. The highest BCUT2D eigenvalue weighted by atomic mass is 35.5. The van der Waals surface area contributed by atoms with Crippen LogP contribution in [0.2, 0.25) is 5.02 Å². The van der Waals surface area contributed by atoms with Gasteiger partial charge in [0.25, 0.3) is 5.91 Å². The van der Waals surface area contributed by atoms with Gasteiger partial charge in [-0.3, -0.25) is 4.79 Å². The molecular formula is C13H17ClN2O2. The maximum Gasteiger partial charge on any atom is 0.252 e. The Morgan fingerprint density at radius 2 is 1.94 bits per heavy atom. The van der Waals surface area contributed by atoms with Crippen LogP contribution in [0.15, 0.2) is 18.2 Å². The predicted octanol–water partition coefficient (Wildman–Crippen LogP) is 2.09. The molecule has 0 aliphatic heterocycles. The Labute approximate surface area is 111 Å². The molecule has 0 bridgehead atoms. The molecule has 18 heavy (non-hydrogen) atoms. The average molecular weight is 269 g/mol. The number of carbonyl (C=O) groups excluding carboxylic acids is 1. The van der Waals surface area contributed by atoms with E-state index < -0.39 is 5.91 Å². The van der Waals surface area contributed by atoms with E-state index in [1.54, 1.807) is 18.2 Å². The summed E-state index contributed by atoms with van der Waals surface area (Å²) in [6.45, 7) is 0. The van der Waals surface area contributed by atoms with Crippen LogP contribution in [0, 0.1) is 0 Å². The van der Waals surface area contributed by atoms with Crippen LogP contribution in [-0.4, -0.2) is 18.1 Å². The zero-order valence-corrected chi connectivity index (χ0v) is 10.8. The Hall–Kier alpha value is -1.26. The molecule has 1 aromatic rings. The van der Waals surface area contributed by atoms with Gasteiger partial charge in [0.1, 0.15) is 5.75 Å². The van der Waals surface area contributed by atoms with Gasteiger partial charge in [-0.15, -0.1) is 0 Å². The number of rotatable bonds is 3. The zero-order chi connectivity index (χ0) is 13.1. The smallest absolute Gasteiger partial charge is 0.252 e. The van der Waals surface area contributed by atoms with Gasteiger partial charge >= 0.3 is 0 Å². The summed E-state index contributed by atoms with van der Waals surface area (Å²) in [6.07, 6.45) is 3.76. The van der Waals surface area contributed by atoms with Gasteiger partial charge in [0.15, 0.2) is 0 Å². The lowest BCUT2D eigenvalue weighted by molar-refractivity contribution is 0.0986. The van der Waals surface area contributed by atoms with Gasteiger partial charge in [0.2, 0.25) is 0 Å². The second kappa shape index (κ2) is 5.59. The van der Waals surface area contributed by atoms with Crippen LogP contribution in [0.5, 0.6) is 5.75 Å². The number of ether oxygens (including phenoxy) is 1. The third-order valence-electron chi connectivity index (χ3n) is 3.22. The van der Waals surface area contributed by atoms with Gasteiger partial charge in [-0.05, 0) is 43.9 Å². The average Bonchev–Trinajstić information content (AvgIpc) is 2.32.